The predicted molar refractivity (Wildman–Crippen MR) is 83.9 cm³/mol. The largest absolute Gasteiger partial charge is 0.393 e. The van der Waals surface area contributed by atoms with E-state index in [1.165, 1.54) is 4.90 Å². The van der Waals surface area contributed by atoms with Crippen LogP contribution in [0.4, 0.5) is 0 Å². The highest BCUT2D eigenvalue weighted by Crippen LogP contribution is 2.46. The molecule has 2 atom stereocenters. The number of hydrogen-bond acceptors (Lipinski definition) is 4. The van der Waals surface area contributed by atoms with Crippen LogP contribution in [0.15, 0.2) is 35.2 Å². The second-order valence-corrected chi connectivity index (χ2v) is 7.91. The van der Waals surface area contributed by atoms with Gasteiger partial charge in [0, 0.05) is 16.1 Å². The number of aliphatic hydroxyl groups excluding tert-OH is 2. The Bertz CT molecular complexity index is 375. The van der Waals surface area contributed by atoms with Crippen LogP contribution in [0, 0.1) is 0 Å². The molecule has 106 valence electrons. The molecule has 0 aromatic heterocycles. The van der Waals surface area contributed by atoms with E-state index in [1.54, 1.807) is 18.7 Å². The van der Waals surface area contributed by atoms with E-state index >= 15 is 0 Å². The van der Waals surface area contributed by atoms with Crippen molar-refractivity contribution in [3.8, 4) is 0 Å². The molecule has 2 rings (SSSR count). The summed E-state index contributed by atoms with van der Waals surface area (Å²) in [6.45, 7) is 1.75. The van der Waals surface area contributed by atoms with Crippen LogP contribution >= 0.6 is 23.5 Å². The number of aliphatic hydroxyl groups is 2. The van der Waals surface area contributed by atoms with Crippen molar-refractivity contribution in [3.63, 3.8) is 0 Å². The minimum atomic E-state index is -0.446. The topological polar surface area (TPSA) is 40.5 Å². The normalized spacial score (nSPS) is 21.8. The van der Waals surface area contributed by atoms with Crippen LogP contribution in [0.3, 0.4) is 0 Å². The molecule has 0 bridgehead atoms. The monoisotopic (exact) mass is 298 g/mol. The lowest BCUT2D eigenvalue weighted by Crippen LogP contribution is -2.43. The average Bonchev–Trinajstić information content (AvgIpc) is 2.40. The molecule has 19 heavy (non-hydrogen) atoms. The number of thioether (sulfide) groups is 2. The molecule has 1 aliphatic rings. The molecule has 0 spiro atoms. The fourth-order valence-corrected chi connectivity index (χ4v) is 5.36. The van der Waals surface area contributed by atoms with Gasteiger partial charge in [-0.2, -0.15) is 11.8 Å². The van der Waals surface area contributed by atoms with Gasteiger partial charge in [-0.25, -0.2) is 0 Å². The zero-order chi connectivity index (χ0) is 13.7. The van der Waals surface area contributed by atoms with E-state index in [4.69, 9.17) is 0 Å². The third-order valence-corrected chi connectivity index (χ3v) is 6.16. The quantitative estimate of drug-likeness (QED) is 0.876. The predicted octanol–water partition coefficient (Wildman–Crippen LogP) is 3.18. The summed E-state index contributed by atoms with van der Waals surface area (Å²) < 4.78 is -0.135. The fraction of sp³-hybridized carbons (Fsp3) is 0.600. The number of hydrogen-bond donors (Lipinski definition) is 2. The van der Waals surface area contributed by atoms with Gasteiger partial charge in [-0.05, 0) is 43.4 Å². The van der Waals surface area contributed by atoms with E-state index in [9.17, 15) is 10.2 Å². The zero-order valence-corrected chi connectivity index (χ0v) is 12.9. The maximum Gasteiger partial charge on any atom is 0.0715 e. The molecule has 0 amide bonds. The molecule has 1 aliphatic heterocycles. The van der Waals surface area contributed by atoms with Crippen LogP contribution in [0.5, 0.6) is 0 Å². The maximum absolute atomic E-state index is 10.6. The van der Waals surface area contributed by atoms with Gasteiger partial charge in [0.05, 0.1) is 12.2 Å². The summed E-state index contributed by atoms with van der Waals surface area (Å²) in [4.78, 5) is 1.21. The minimum Gasteiger partial charge on any atom is -0.393 e. The Morgan fingerprint density at radius 2 is 1.84 bits per heavy atom. The fourth-order valence-electron chi connectivity index (χ4n) is 2.48. The van der Waals surface area contributed by atoms with Crippen molar-refractivity contribution < 1.29 is 10.2 Å². The molecule has 0 radical (unpaired) electrons. The first-order chi connectivity index (χ1) is 9.12. The van der Waals surface area contributed by atoms with E-state index in [2.05, 4.69) is 12.1 Å². The smallest absolute Gasteiger partial charge is 0.0715 e. The van der Waals surface area contributed by atoms with Crippen LogP contribution in [0.25, 0.3) is 0 Å². The summed E-state index contributed by atoms with van der Waals surface area (Å²) in [6, 6.07) is 10.3. The Balaban J connectivity index is 2.14. The number of benzene rings is 1. The first-order valence-electron chi connectivity index (χ1n) is 6.80. The van der Waals surface area contributed by atoms with E-state index in [0.717, 1.165) is 24.3 Å². The first-order valence-corrected chi connectivity index (χ1v) is 8.77. The van der Waals surface area contributed by atoms with Crippen LogP contribution in [-0.4, -0.2) is 38.7 Å². The summed E-state index contributed by atoms with van der Waals surface area (Å²) in [7, 11) is 0. The molecular formula is C15H22O2S2. The van der Waals surface area contributed by atoms with Crippen molar-refractivity contribution in [1.29, 1.82) is 0 Å². The number of rotatable bonds is 5. The molecule has 0 unspecified atom stereocenters. The molecule has 1 aromatic carbocycles. The Labute approximate surface area is 124 Å². The van der Waals surface area contributed by atoms with Gasteiger partial charge in [-0.3, -0.25) is 0 Å². The molecule has 1 saturated heterocycles. The van der Waals surface area contributed by atoms with Crippen molar-refractivity contribution in [2.45, 2.75) is 48.0 Å². The van der Waals surface area contributed by atoms with Gasteiger partial charge in [-0.15, -0.1) is 11.8 Å². The van der Waals surface area contributed by atoms with E-state index in [1.807, 2.05) is 30.0 Å². The van der Waals surface area contributed by atoms with Crippen molar-refractivity contribution in [2.24, 2.45) is 0 Å². The van der Waals surface area contributed by atoms with E-state index in [0.29, 0.717) is 6.42 Å². The molecule has 0 aliphatic carbocycles. The highest BCUT2D eigenvalue weighted by molar-refractivity contribution is 8.01. The highest BCUT2D eigenvalue weighted by Gasteiger charge is 2.40. The molecule has 0 saturated carbocycles. The maximum atomic E-state index is 10.6. The standard InChI is InChI=1S/C15H22O2S2/c1-12(16)11-14(17)15(7-9-18-10-8-15)19-13-5-3-2-4-6-13/h2-6,12,14,16-17H,7-11H2,1H3/t12-,14+/m1/s1. The van der Waals surface area contributed by atoms with Gasteiger partial charge >= 0.3 is 0 Å². The van der Waals surface area contributed by atoms with Gasteiger partial charge in [-0.1, -0.05) is 18.2 Å². The molecule has 2 nitrogen and oxygen atoms in total. The van der Waals surface area contributed by atoms with Gasteiger partial charge in [0.1, 0.15) is 0 Å². The lowest BCUT2D eigenvalue weighted by molar-refractivity contribution is 0.0606. The van der Waals surface area contributed by atoms with Crippen molar-refractivity contribution in [2.75, 3.05) is 11.5 Å². The SMILES string of the molecule is C[C@@H](O)C[C@H](O)C1(Sc2ccccc2)CCSCC1. The van der Waals surface area contributed by atoms with Gasteiger partial charge in [0.2, 0.25) is 0 Å². The highest BCUT2D eigenvalue weighted by atomic mass is 32.2. The van der Waals surface area contributed by atoms with Crippen LogP contribution < -0.4 is 0 Å². The molecule has 4 heteroatoms. The summed E-state index contributed by atoms with van der Waals surface area (Å²) in [6.07, 6.45) is 1.58. The molecule has 1 heterocycles. The zero-order valence-electron chi connectivity index (χ0n) is 11.3. The van der Waals surface area contributed by atoms with Crippen LogP contribution in [0.2, 0.25) is 0 Å². The average molecular weight is 298 g/mol. The van der Waals surface area contributed by atoms with E-state index in [-0.39, 0.29) is 4.75 Å². The van der Waals surface area contributed by atoms with Crippen LogP contribution in [0.1, 0.15) is 26.2 Å². The Morgan fingerprint density at radius 3 is 2.42 bits per heavy atom. The summed E-state index contributed by atoms with van der Waals surface area (Å²) in [5, 5.41) is 20.1. The lowest BCUT2D eigenvalue weighted by atomic mass is 9.91. The van der Waals surface area contributed by atoms with Crippen LogP contribution in [-0.2, 0) is 0 Å². The minimum absolute atomic E-state index is 0.135. The van der Waals surface area contributed by atoms with Crippen molar-refractivity contribution >= 4 is 23.5 Å². The van der Waals surface area contributed by atoms with Gasteiger partial charge in [0.15, 0.2) is 0 Å². The third kappa shape index (κ3) is 4.15. The molecule has 1 aromatic rings. The molecule has 2 N–H and O–H groups in total. The summed E-state index contributed by atoms with van der Waals surface area (Å²) >= 11 is 3.74. The first kappa shape index (κ1) is 15.2. The van der Waals surface area contributed by atoms with Crippen molar-refractivity contribution in [1.82, 2.24) is 0 Å². The second-order valence-electron chi connectivity index (χ2n) is 5.19. The Kier molecular flexibility index (Phi) is 5.63. The summed E-state index contributed by atoms with van der Waals surface area (Å²) in [5.41, 5.74) is 0. The van der Waals surface area contributed by atoms with Crippen molar-refractivity contribution in [3.05, 3.63) is 30.3 Å². The third-order valence-electron chi connectivity index (χ3n) is 3.58. The summed E-state index contributed by atoms with van der Waals surface area (Å²) in [5.74, 6) is 2.19. The Morgan fingerprint density at radius 1 is 1.21 bits per heavy atom. The van der Waals surface area contributed by atoms with Gasteiger partial charge in [0.25, 0.3) is 0 Å². The lowest BCUT2D eigenvalue weighted by Gasteiger charge is -2.41. The second kappa shape index (κ2) is 7.02. The molecular weight excluding hydrogens is 276 g/mol. The Hall–Kier alpha value is -0.160. The molecule has 1 fully saturated rings. The van der Waals surface area contributed by atoms with E-state index < -0.39 is 12.2 Å². The van der Waals surface area contributed by atoms with Gasteiger partial charge < -0.3 is 10.2 Å².